The number of phenolic OH excluding ortho intramolecular Hbond substituents is 1. The number of benzene rings is 1. The van der Waals surface area contributed by atoms with Crippen LogP contribution in [0.5, 0.6) is 5.75 Å². The van der Waals surface area contributed by atoms with E-state index in [9.17, 15) is 19.8 Å². The van der Waals surface area contributed by atoms with Crippen LogP contribution in [0.15, 0.2) is 24.3 Å². The van der Waals surface area contributed by atoms with Gasteiger partial charge in [0.25, 0.3) is 0 Å². The largest absolute Gasteiger partial charge is 0.508 e. The van der Waals surface area contributed by atoms with Crippen molar-refractivity contribution in [3.63, 3.8) is 0 Å². The zero-order chi connectivity index (χ0) is 15.5. The molecule has 0 spiro atoms. The Labute approximate surface area is 123 Å². The van der Waals surface area contributed by atoms with Crippen molar-refractivity contribution >= 4 is 11.9 Å². The number of hydrogen-bond donors (Lipinski definition) is 4. The smallest absolute Gasteiger partial charge is 0.326 e. The lowest BCUT2D eigenvalue weighted by atomic mass is 9.68. The molecule has 1 aromatic rings. The number of carbonyl (C=O) groups is 2. The van der Waals surface area contributed by atoms with Crippen molar-refractivity contribution in [2.45, 2.75) is 31.7 Å². The van der Waals surface area contributed by atoms with Gasteiger partial charge in [0.15, 0.2) is 0 Å². The molecule has 1 aliphatic rings. The van der Waals surface area contributed by atoms with Gasteiger partial charge in [-0.25, -0.2) is 4.79 Å². The van der Waals surface area contributed by atoms with Crippen LogP contribution in [-0.4, -0.2) is 34.7 Å². The van der Waals surface area contributed by atoms with Gasteiger partial charge in [0, 0.05) is 13.0 Å². The lowest BCUT2D eigenvalue weighted by Gasteiger charge is -2.39. The fraction of sp³-hybridized carbons (Fsp3) is 0.467. The Morgan fingerprint density at radius 2 is 1.90 bits per heavy atom. The van der Waals surface area contributed by atoms with E-state index in [1.165, 1.54) is 12.1 Å². The molecule has 1 aliphatic carbocycles. The Kier molecular flexibility index (Phi) is 4.47. The SMILES string of the molecule is NCC1(C(=O)NC(Cc2ccc(O)cc2)C(=O)O)CCC1. The molecule has 0 aliphatic heterocycles. The van der Waals surface area contributed by atoms with Gasteiger partial charge in [0.2, 0.25) is 5.91 Å². The van der Waals surface area contributed by atoms with Crippen LogP contribution in [0.2, 0.25) is 0 Å². The van der Waals surface area contributed by atoms with Crippen molar-refractivity contribution in [1.29, 1.82) is 0 Å². The normalized spacial score (nSPS) is 17.6. The predicted molar refractivity (Wildman–Crippen MR) is 76.7 cm³/mol. The van der Waals surface area contributed by atoms with Crippen LogP contribution in [0.3, 0.4) is 0 Å². The van der Waals surface area contributed by atoms with E-state index in [2.05, 4.69) is 5.32 Å². The number of carbonyl (C=O) groups excluding carboxylic acids is 1. The molecule has 1 amide bonds. The summed E-state index contributed by atoms with van der Waals surface area (Å²) < 4.78 is 0. The summed E-state index contributed by atoms with van der Waals surface area (Å²) in [4.78, 5) is 23.6. The number of aromatic hydroxyl groups is 1. The van der Waals surface area contributed by atoms with Gasteiger partial charge in [-0.05, 0) is 30.5 Å². The van der Waals surface area contributed by atoms with Gasteiger partial charge in [-0.1, -0.05) is 18.6 Å². The average molecular weight is 292 g/mol. The molecule has 114 valence electrons. The van der Waals surface area contributed by atoms with Crippen molar-refractivity contribution in [3.05, 3.63) is 29.8 Å². The van der Waals surface area contributed by atoms with E-state index in [1.54, 1.807) is 12.1 Å². The van der Waals surface area contributed by atoms with Crippen LogP contribution in [0.4, 0.5) is 0 Å². The topological polar surface area (TPSA) is 113 Å². The quantitative estimate of drug-likeness (QED) is 0.614. The number of phenols is 1. The van der Waals surface area contributed by atoms with E-state index >= 15 is 0 Å². The minimum atomic E-state index is -1.08. The molecule has 0 bridgehead atoms. The second kappa shape index (κ2) is 6.13. The third-order valence-corrected chi connectivity index (χ3v) is 4.16. The predicted octanol–water partition coefficient (Wildman–Crippen LogP) is 0.633. The van der Waals surface area contributed by atoms with Crippen LogP contribution < -0.4 is 11.1 Å². The number of nitrogens with two attached hydrogens (primary N) is 1. The summed E-state index contributed by atoms with van der Waals surface area (Å²) in [5.74, 6) is -1.24. The molecule has 2 rings (SSSR count). The van der Waals surface area contributed by atoms with Crippen molar-refractivity contribution in [2.75, 3.05) is 6.54 Å². The first-order valence-electron chi connectivity index (χ1n) is 6.98. The molecule has 5 N–H and O–H groups in total. The van der Waals surface area contributed by atoms with E-state index in [1.807, 2.05) is 0 Å². The molecule has 6 nitrogen and oxygen atoms in total. The first-order chi connectivity index (χ1) is 9.97. The fourth-order valence-corrected chi connectivity index (χ4v) is 2.51. The second-order valence-electron chi connectivity index (χ2n) is 5.57. The van der Waals surface area contributed by atoms with Gasteiger partial charge in [-0.15, -0.1) is 0 Å². The molecule has 1 saturated carbocycles. The summed E-state index contributed by atoms with van der Waals surface area (Å²) in [6.45, 7) is 0.240. The Morgan fingerprint density at radius 3 is 2.33 bits per heavy atom. The summed E-state index contributed by atoms with van der Waals surface area (Å²) in [6, 6.07) is 5.26. The fourth-order valence-electron chi connectivity index (χ4n) is 2.51. The van der Waals surface area contributed by atoms with Crippen LogP contribution in [0, 0.1) is 5.41 Å². The molecule has 21 heavy (non-hydrogen) atoms. The summed E-state index contributed by atoms with van der Waals surface area (Å²) in [5, 5.41) is 21.1. The zero-order valence-corrected chi connectivity index (χ0v) is 11.7. The second-order valence-corrected chi connectivity index (χ2v) is 5.57. The molecular formula is C15H20N2O4. The number of carboxylic acid groups (broad SMARTS) is 1. The van der Waals surface area contributed by atoms with E-state index in [4.69, 9.17) is 5.73 Å². The van der Waals surface area contributed by atoms with Gasteiger partial charge >= 0.3 is 5.97 Å². The third kappa shape index (κ3) is 3.33. The highest BCUT2D eigenvalue weighted by Gasteiger charge is 2.43. The summed E-state index contributed by atoms with van der Waals surface area (Å²) in [7, 11) is 0. The van der Waals surface area contributed by atoms with Crippen molar-refractivity contribution < 1.29 is 19.8 Å². The number of carboxylic acids is 1. The van der Waals surface area contributed by atoms with Gasteiger partial charge in [0.1, 0.15) is 11.8 Å². The van der Waals surface area contributed by atoms with E-state index in [0.717, 1.165) is 12.0 Å². The summed E-state index contributed by atoms with van der Waals surface area (Å²) in [5.41, 5.74) is 5.79. The molecule has 1 aromatic carbocycles. The minimum Gasteiger partial charge on any atom is -0.508 e. The van der Waals surface area contributed by atoms with E-state index in [-0.39, 0.29) is 24.6 Å². The van der Waals surface area contributed by atoms with Crippen molar-refractivity contribution in [2.24, 2.45) is 11.1 Å². The number of rotatable bonds is 6. The van der Waals surface area contributed by atoms with Crippen LogP contribution in [0.25, 0.3) is 0 Å². The van der Waals surface area contributed by atoms with Crippen molar-refractivity contribution in [1.82, 2.24) is 5.32 Å². The first-order valence-corrected chi connectivity index (χ1v) is 6.98. The molecule has 0 heterocycles. The van der Waals surface area contributed by atoms with Gasteiger partial charge in [-0.2, -0.15) is 0 Å². The Bertz CT molecular complexity index is 517. The maximum Gasteiger partial charge on any atom is 0.326 e. The summed E-state index contributed by atoms with van der Waals surface area (Å²) >= 11 is 0. The highest BCUT2D eigenvalue weighted by Crippen LogP contribution is 2.40. The Hall–Kier alpha value is -2.08. The molecule has 0 aromatic heterocycles. The maximum atomic E-state index is 12.2. The Morgan fingerprint density at radius 1 is 1.29 bits per heavy atom. The van der Waals surface area contributed by atoms with Crippen LogP contribution in [0.1, 0.15) is 24.8 Å². The average Bonchev–Trinajstić information content (AvgIpc) is 2.39. The monoisotopic (exact) mass is 292 g/mol. The van der Waals surface area contributed by atoms with Gasteiger partial charge in [-0.3, -0.25) is 4.79 Å². The molecule has 1 unspecified atom stereocenters. The van der Waals surface area contributed by atoms with Crippen molar-refractivity contribution in [3.8, 4) is 5.75 Å². The van der Waals surface area contributed by atoms with Gasteiger partial charge < -0.3 is 21.3 Å². The number of aliphatic carboxylic acids is 1. The number of amides is 1. The standard InChI is InChI=1S/C15H20N2O4/c16-9-15(6-1-7-15)14(21)17-12(13(19)20)8-10-2-4-11(18)5-3-10/h2-5,12,18H,1,6-9,16H2,(H,17,21)(H,19,20). The molecular weight excluding hydrogens is 272 g/mol. The molecule has 0 radical (unpaired) electrons. The Balaban J connectivity index is 2.04. The zero-order valence-electron chi connectivity index (χ0n) is 11.7. The first kappa shape index (κ1) is 15.3. The maximum absolute atomic E-state index is 12.2. The molecule has 1 fully saturated rings. The lowest BCUT2D eigenvalue weighted by Crippen LogP contribution is -2.54. The molecule has 0 saturated heterocycles. The summed E-state index contributed by atoms with van der Waals surface area (Å²) in [6.07, 6.45) is 2.53. The lowest BCUT2D eigenvalue weighted by molar-refractivity contribution is -0.145. The van der Waals surface area contributed by atoms with Gasteiger partial charge in [0.05, 0.1) is 5.41 Å². The number of nitrogens with one attached hydrogen (secondary N) is 1. The number of hydrogen-bond acceptors (Lipinski definition) is 4. The molecule has 6 heteroatoms. The highest BCUT2D eigenvalue weighted by atomic mass is 16.4. The minimum absolute atomic E-state index is 0.117. The van der Waals surface area contributed by atoms with Crippen LogP contribution >= 0.6 is 0 Å². The molecule has 1 atom stereocenters. The van der Waals surface area contributed by atoms with Crippen LogP contribution in [-0.2, 0) is 16.0 Å². The van der Waals surface area contributed by atoms with E-state index in [0.29, 0.717) is 12.8 Å². The highest BCUT2D eigenvalue weighted by molar-refractivity contribution is 5.88. The third-order valence-electron chi connectivity index (χ3n) is 4.16. The van der Waals surface area contributed by atoms with E-state index < -0.39 is 17.4 Å².